The zero-order valence-corrected chi connectivity index (χ0v) is 17.2. The molecule has 156 valence electrons. The van der Waals surface area contributed by atoms with Crippen LogP contribution < -0.4 is 10.6 Å². The van der Waals surface area contributed by atoms with Crippen LogP contribution in [0.2, 0.25) is 5.02 Å². The zero-order valence-electron chi connectivity index (χ0n) is 16.5. The number of hydrogen-bond acceptors (Lipinski definition) is 7. The van der Waals surface area contributed by atoms with Gasteiger partial charge in [0, 0.05) is 31.0 Å². The van der Waals surface area contributed by atoms with E-state index in [9.17, 15) is 5.11 Å². The zero-order chi connectivity index (χ0) is 20.1. The Morgan fingerprint density at radius 3 is 2.76 bits per heavy atom. The summed E-state index contributed by atoms with van der Waals surface area (Å²) >= 11 is 6.42. The molecule has 1 saturated heterocycles. The summed E-state index contributed by atoms with van der Waals surface area (Å²) in [4.78, 5) is 13.4. The van der Waals surface area contributed by atoms with E-state index in [1.165, 1.54) is 6.42 Å². The summed E-state index contributed by atoms with van der Waals surface area (Å²) in [5.74, 6) is 2.01. The average molecular weight is 418 g/mol. The number of nitrogens with zero attached hydrogens (tertiary/aromatic N) is 3. The molecule has 1 saturated carbocycles. The lowest BCUT2D eigenvalue weighted by Crippen LogP contribution is -2.28. The molecule has 0 bridgehead atoms. The smallest absolute Gasteiger partial charge is 0.145 e. The maximum absolute atomic E-state index is 9.69. The fourth-order valence-electron chi connectivity index (χ4n) is 3.94. The first kappa shape index (κ1) is 20.3. The minimum atomic E-state index is -0.174. The minimum Gasteiger partial charge on any atom is -0.393 e. The summed E-state index contributed by atoms with van der Waals surface area (Å²) in [7, 11) is 0. The number of ether oxygens (including phenoxy) is 1. The second-order valence-electron chi connectivity index (χ2n) is 7.95. The molecule has 2 aromatic heterocycles. The quantitative estimate of drug-likeness (QED) is 0.659. The van der Waals surface area contributed by atoms with Crippen molar-refractivity contribution in [2.75, 3.05) is 30.4 Å². The summed E-state index contributed by atoms with van der Waals surface area (Å²) in [6.45, 7) is 2.48. The van der Waals surface area contributed by atoms with E-state index in [4.69, 9.17) is 21.3 Å². The second-order valence-corrected chi connectivity index (χ2v) is 8.36. The van der Waals surface area contributed by atoms with Gasteiger partial charge in [0.25, 0.3) is 0 Å². The van der Waals surface area contributed by atoms with Gasteiger partial charge in [0.15, 0.2) is 0 Å². The molecule has 0 amide bonds. The lowest BCUT2D eigenvalue weighted by Gasteiger charge is -2.26. The van der Waals surface area contributed by atoms with Gasteiger partial charge >= 0.3 is 0 Å². The summed E-state index contributed by atoms with van der Waals surface area (Å²) in [5.41, 5.74) is 1.52. The fourth-order valence-corrected chi connectivity index (χ4v) is 4.14. The van der Waals surface area contributed by atoms with Gasteiger partial charge in [0.2, 0.25) is 0 Å². The molecule has 1 aliphatic carbocycles. The van der Waals surface area contributed by atoms with Crippen LogP contribution in [0.1, 0.15) is 38.5 Å². The molecule has 8 heteroatoms. The first-order valence-corrected chi connectivity index (χ1v) is 10.8. The van der Waals surface area contributed by atoms with Gasteiger partial charge in [-0.15, -0.1) is 0 Å². The highest BCUT2D eigenvalue weighted by atomic mass is 35.5. The first-order chi connectivity index (χ1) is 14.2. The summed E-state index contributed by atoms with van der Waals surface area (Å²) in [5, 5.41) is 17.1. The summed E-state index contributed by atoms with van der Waals surface area (Å²) in [6, 6.07) is 2.24. The van der Waals surface area contributed by atoms with E-state index in [0.717, 1.165) is 69.1 Å². The number of aliphatic hydroxyl groups excluding tert-OH is 1. The van der Waals surface area contributed by atoms with Crippen LogP contribution in [0.25, 0.3) is 11.3 Å². The fraction of sp³-hybridized carbons (Fsp3) is 0.571. The maximum Gasteiger partial charge on any atom is 0.145 e. The highest BCUT2D eigenvalue weighted by molar-refractivity contribution is 6.33. The molecule has 0 spiro atoms. The van der Waals surface area contributed by atoms with E-state index in [-0.39, 0.29) is 6.10 Å². The third-order valence-corrected chi connectivity index (χ3v) is 5.94. The van der Waals surface area contributed by atoms with Gasteiger partial charge in [-0.05, 0) is 50.5 Å². The van der Waals surface area contributed by atoms with Crippen LogP contribution in [0.3, 0.4) is 0 Å². The molecule has 0 aromatic carbocycles. The SMILES string of the molecule is OC1CCC(Nc2cc(-c3cncc(NC[C@H]4CCCOC4)n3)c(Cl)cn2)CC1. The largest absolute Gasteiger partial charge is 0.393 e. The van der Waals surface area contributed by atoms with E-state index in [1.807, 2.05) is 6.07 Å². The van der Waals surface area contributed by atoms with Crippen LogP contribution in [0.5, 0.6) is 0 Å². The highest BCUT2D eigenvalue weighted by Gasteiger charge is 2.20. The normalized spacial score (nSPS) is 24.8. The number of aromatic nitrogens is 3. The number of aliphatic hydroxyl groups is 1. The first-order valence-electron chi connectivity index (χ1n) is 10.4. The Morgan fingerprint density at radius 2 is 1.97 bits per heavy atom. The Kier molecular flexibility index (Phi) is 6.79. The number of nitrogens with one attached hydrogen (secondary N) is 2. The molecule has 0 unspecified atom stereocenters. The molecule has 1 atom stereocenters. The van der Waals surface area contributed by atoms with Crippen molar-refractivity contribution in [1.82, 2.24) is 15.0 Å². The minimum absolute atomic E-state index is 0.174. The van der Waals surface area contributed by atoms with Crippen LogP contribution in [-0.4, -0.2) is 52.0 Å². The summed E-state index contributed by atoms with van der Waals surface area (Å²) in [6.07, 6.45) is 10.7. The van der Waals surface area contributed by atoms with Crippen molar-refractivity contribution in [1.29, 1.82) is 0 Å². The van der Waals surface area contributed by atoms with E-state index >= 15 is 0 Å². The van der Waals surface area contributed by atoms with Crippen LogP contribution in [-0.2, 0) is 4.74 Å². The Hall–Kier alpha value is -1.96. The van der Waals surface area contributed by atoms with Gasteiger partial charge in [-0.3, -0.25) is 4.98 Å². The number of pyridine rings is 1. The Labute approximate surface area is 176 Å². The Morgan fingerprint density at radius 1 is 1.10 bits per heavy atom. The predicted molar refractivity (Wildman–Crippen MR) is 114 cm³/mol. The molecular weight excluding hydrogens is 390 g/mol. The van der Waals surface area contributed by atoms with Crippen molar-refractivity contribution in [2.24, 2.45) is 5.92 Å². The number of halogens is 1. The van der Waals surface area contributed by atoms with Crippen molar-refractivity contribution >= 4 is 23.2 Å². The van der Waals surface area contributed by atoms with Crippen molar-refractivity contribution < 1.29 is 9.84 Å². The lowest BCUT2D eigenvalue weighted by atomic mass is 9.93. The molecule has 2 aliphatic rings. The van der Waals surface area contributed by atoms with Crippen molar-refractivity contribution in [3.8, 4) is 11.3 Å². The molecule has 7 nitrogen and oxygen atoms in total. The van der Waals surface area contributed by atoms with Crippen LogP contribution in [0, 0.1) is 5.92 Å². The molecule has 2 aromatic rings. The van der Waals surface area contributed by atoms with Gasteiger partial charge < -0.3 is 20.5 Å². The number of anilines is 2. The van der Waals surface area contributed by atoms with Gasteiger partial charge in [-0.25, -0.2) is 9.97 Å². The standard InChI is InChI=1S/C21H28ClN5O2/c22-18-10-25-20(26-15-3-5-16(28)6-4-15)8-17(18)19-11-23-12-21(27-19)24-9-14-2-1-7-29-13-14/h8,10-12,14-16,28H,1-7,9,13H2,(H,24,27)(H,25,26)/t14-,15?,16?/m1/s1. The van der Waals surface area contributed by atoms with Crippen LogP contribution in [0.4, 0.5) is 11.6 Å². The van der Waals surface area contributed by atoms with E-state index in [2.05, 4.69) is 20.6 Å². The number of rotatable bonds is 6. The van der Waals surface area contributed by atoms with E-state index < -0.39 is 0 Å². The Balaban J connectivity index is 1.44. The lowest BCUT2D eigenvalue weighted by molar-refractivity contribution is 0.0595. The van der Waals surface area contributed by atoms with E-state index in [1.54, 1.807) is 18.6 Å². The highest BCUT2D eigenvalue weighted by Crippen LogP contribution is 2.29. The molecular formula is C21H28ClN5O2. The molecule has 3 N–H and O–H groups in total. The molecule has 3 heterocycles. The van der Waals surface area contributed by atoms with Gasteiger partial charge in [0.05, 0.1) is 35.8 Å². The summed E-state index contributed by atoms with van der Waals surface area (Å²) < 4.78 is 5.54. The Bertz CT molecular complexity index is 807. The third kappa shape index (κ3) is 5.56. The maximum atomic E-state index is 9.69. The predicted octanol–water partition coefficient (Wildman–Crippen LogP) is 3.75. The van der Waals surface area contributed by atoms with Crippen molar-refractivity contribution in [3.05, 3.63) is 29.7 Å². The molecule has 2 fully saturated rings. The van der Waals surface area contributed by atoms with Crippen molar-refractivity contribution in [3.63, 3.8) is 0 Å². The van der Waals surface area contributed by atoms with Gasteiger partial charge in [-0.2, -0.15) is 0 Å². The molecule has 4 rings (SSSR count). The number of hydrogen-bond donors (Lipinski definition) is 3. The molecule has 0 radical (unpaired) electrons. The van der Waals surface area contributed by atoms with Crippen LogP contribution in [0.15, 0.2) is 24.7 Å². The topological polar surface area (TPSA) is 92.2 Å². The van der Waals surface area contributed by atoms with Gasteiger partial charge in [-0.1, -0.05) is 11.6 Å². The third-order valence-electron chi connectivity index (χ3n) is 5.64. The van der Waals surface area contributed by atoms with E-state index in [0.29, 0.717) is 22.7 Å². The molecule has 29 heavy (non-hydrogen) atoms. The monoisotopic (exact) mass is 417 g/mol. The van der Waals surface area contributed by atoms with Crippen LogP contribution >= 0.6 is 11.6 Å². The van der Waals surface area contributed by atoms with Gasteiger partial charge in [0.1, 0.15) is 11.6 Å². The second kappa shape index (κ2) is 9.69. The molecule has 1 aliphatic heterocycles. The van der Waals surface area contributed by atoms with Crippen molar-refractivity contribution in [2.45, 2.75) is 50.7 Å². The average Bonchev–Trinajstić information content (AvgIpc) is 2.76.